The largest absolute Gasteiger partial charge is 0.384 e. The van der Waals surface area contributed by atoms with E-state index in [-0.39, 0.29) is 11.7 Å². The van der Waals surface area contributed by atoms with Gasteiger partial charge in [-0.05, 0) is 42.3 Å². The minimum atomic E-state index is -0.0327. The van der Waals surface area contributed by atoms with Crippen molar-refractivity contribution in [3.05, 3.63) is 59.7 Å². The fourth-order valence-corrected chi connectivity index (χ4v) is 2.70. The molecule has 0 aromatic heterocycles. The SMILES string of the molecule is N=C(N)c1ccc2c(c1)CCN2CC(=O)Nc1ccccc1. The van der Waals surface area contributed by atoms with Crippen LogP contribution in [0.1, 0.15) is 11.1 Å². The second kappa shape index (κ2) is 5.89. The van der Waals surface area contributed by atoms with Crippen LogP contribution in [0.2, 0.25) is 0 Å². The number of para-hydroxylation sites is 1. The first-order chi connectivity index (χ1) is 10.6. The van der Waals surface area contributed by atoms with E-state index in [9.17, 15) is 4.79 Å². The van der Waals surface area contributed by atoms with Gasteiger partial charge >= 0.3 is 0 Å². The molecule has 1 amide bonds. The highest BCUT2D eigenvalue weighted by Gasteiger charge is 2.21. The fourth-order valence-electron chi connectivity index (χ4n) is 2.70. The van der Waals surface area contributed by atoms with Gasteiger partial charge in [0.2, 0.25) is 5.91 Å². The maximum Gasteiger partial charge on any atom is 0.243 e. The average Bonchev–Trinajstić information content (AvgIpc) is 2.90. The summed E-state index contributed by atoms with van der Waals surface area (Å²) < 4.78 is 0. The van der Waals surface area contributed by atoms with E-state index in [1.807, 2.05) is 48.5 Å². The summed E-state index contributed by atoms with van der Waals surface area (Å²) in [4.78, 5) is 14.2. The summed E-state index contributed by atoms with van der Waals surface area (Å²) in [7, 11) is 0. The van der Waals surface area contributed by atoms with E-state index in [1.54, 1.807) is 0 Å². The number of nitrogen functional groups attached to an aromatic ring is 1. The third-order valence-corrected chi connectivity index (χ3v) is 3.77. The smallest absolute Gasteiger partial charge is 0.243 e. The molecule has 0 saturated carbocycles. The van der Waals surface area contributed by atoms with Gasteiger partial charge in [-0.1, -0.05) is 18.2 Å². The topological polar surface area (TPSA) is 82.2 Å². The summed E-state index contributed by atoms with van der Waals surface area (Å²) in [6, 6.07) is 15.1. The predicted octanol–water partition coefficient (Wildman–Crippen LogP) is 1.97. The summed E-state index contributed by atoms with van der Waals surface area (Å²) in [5.41, 5.74) is 9.24. The zero-order valence-corrected chi connectivity index (χ0v) is 12.2. The quantitative estimate of drug-likeness (QED) is 0.595. The van der Waals surface area contributed by atoms with Crippen molar-refractivity contribution >= 4 is 23.1 Å². The Morgan fingerprint density at radius 3 is 2.73 bits per heavy atom. The monoisotopic (exact) mass is 294 g/mol. The third-order valence-electron chi connectivity index (χ3n) is 3.77. The van der Waals surface area contributed by atoms with Gasteiger partial charge in [0.05, 0.1) is 6.54 Å². The highest BCUT2D eigenvalue weighted by atomic mass is 16.2. The summed E-state index contributed by atoms with van der Waals surface area (Å²) in [5, 5.41) is 10.4. The van der Waals surface area contributed by atoms with E-state index >= 15 is 0 Å². The molecule has 0 radical (unpaired) electrons. The van der Waals surface area contributed by atoms with Gasteiger partial charge in [-0.25, -0.2) is 0 Å². The number of nitrogens with zero attached hydrogens (tertiary/aromatic N) is 1. The Kier molecular flexibility index (Phi) is 3.78. The van der Waals surface area contributed by atoms with Crippen molar-refractivity contribution in [1.29, 1.82) is 5.41 Å². The summed E-state index contributed by atoms with van der Waals surface area (Å²) in [6.45, 7) is 1.13. The standard InChI is InChI=1S/C17H18N4O/c18-17(19)13-6-7-15-12(10-13)8-9-21(15)11-16(22)20-14-4-2-1-3-5-14/h1-7,10H,8-9,11H2,(H3,18,19)(H,20,22). The fraction of sp³-hybridized carbons (Fsp3) is 0.176. The maximum atomic E-state index is 12.1. The molecule has 3 rings (SSSR count). The Morgan fingerprint density at radius 1 is 1.23 bits per heavy atom. The number of nitrogens with two attached hydrogens (primary N) is 1. The molecule has 5 nitrogen and oxygen atoms in total. The first-order valence-corrected chi connectivity index (χ1v) is 7.20. The van der Waals surface area contributed by atoms with Crippen LogP contribution < -0.4 is 16.0 Å². The van der Waals surface area contributed by atoms with Crippen molar-refractivity contribution < 1.29 is 4.79 Å². The van der Waals surface area contributed by atoms with Crippen LogP contribution in [0, 0.1) is 5.41 Å². The van der Waals surface area contributed by atoms with Crippen LogP contribution in [0.3, 0.4) is 0 Å². The number of benzene rings is 2. The number of amides is 1. The molecule has 1 heterocycles. The molecule has 0 fully saturated rings. The predicted molar refractivity (Wildman–Crippen MR) is 88.4 cm³/mol. The molecule has 0 unspecified atom stereocenters. The Balaban J connectivity index is 1.69. The molecule has 5 heteroatoms. The molecule has 22 heavy (non-hydrogen) atoms. The van der Waals surface area contributed by atoms with Gasteiger partial charge in [-0.3, -0.25) is 10.2 Å². The Labute approximate surface area is 129 Å². The van der Waals surface area contributed by atoms with Gasteiger partial charge in [0.1, 0.15) is 5.84 Å². The molecule has 4 N–H and O–H groups in total. The molecule has 2 aromatic carbocycles. The molecule has 2 aromatic rings. The molecule has 1 aliphatic rings. The minimum Gasteiger partial charge on any atom is -0.384 e. The number of hydrogen-bond donors (Lipinski definition) is 3. The van der Waals surface area contributed by atoms with Gasteiger partial charge < -0.3 is 16.0 Å². The second-order valence-electron chi connectivity index (χ2n) is 5.34. The lowest BCUT2D eigenvalue weighted by Crippen LogP contribution is -2.31. The highest BCUT2D eigenvalue weighted by molar-refractivity contribution is 5.96. The molecule has 0 atom stereocenters. The van der Waals surface area contributed by atoms with Gasteiger partial charge in [-0.15, -0.1) is 0 Å². The lowest BCUT2D eigenvalue weighted by atomic mass is 10.1. The number of rotatable bonds is 4. The van der Waals surface area contributed by atoms with Gasteiger partial charge in [0, 0.05) is 23.5 Å². The molecule has 0 spiro atoms. The van der Waals surface area contributed by atoms with Crippen LogP contribution >= 0.6 is 0 Å². The molecule has 0 saturated heterocycles. The molecule has 112 valence electrons. The van der Waals surface area contributed by atoms with Crippen LogP contribution in [0.5, 0.6) is 0 Å². The van der Waals surface area contributed by atoms with Crippen LogP contribution in [-0.4, -0.2) is 24.8 Å². The number of amidine groups is 1. The van der Waals surface area contributed by atoms with Crippen LogP contribution in [0.25, 0.3) is 0 Å². The average molecular weight is 294 g/mol. The van der Waals surface area contributed by atoms with Crippen molar-refractivity contribution in [1.82, 2.24) is 0 Å². The van der Waals surface area contributed by atoms with Crippen molar-refractivity contribution in [3.63, 3.8) is 0 Å². The number of carbonyl (C=O) groups excluding carboxylic acids is 1. The van der Waals surface area contributed by atoms with Crippen molar-refractivity contribution in [2.45, 2.75) is 6.42 Å². The van der Waals surface area contributed by atoms with E-state index in [0.29, 0.717) is 6.54 Å². The third kappa shape index (κ3) is 2.93. The molecule has 0 bridgehead atoms. The molecular weight excluding hydrogens is 276 g/mol. The molecular formula is C17H18N4O. The van der Waals surface area contributed by atoms with Crippen molar-refractivity contribution in [3.8, 4) is 0 Å². The zero-order chi connectivity index (χ0) is 15.5. The van der Waals surface area contributed by atoms with E-state index in [4.69, 9.17) is 11.1 Å². The molecule has 1 aliphatic heterocycles. The van der Waals surface area contributed by atoms with E-state index in [0.717, 1.165) is 35.5 Å². The lowest BCUT2D eigenvalue weighted by Gasteiger charge is -2.19. The summed E-state index contributed by atoms with van der Waals surface area (Å²) in [6.07, 6.45) is 0.870. The van der Waals surface area contributed by atoms with Crippen LogP contribution in [0.4, 0.5) is 11.4 Å². The Bertz CT molecular complexity index is 712. The van der Waals surface area contributed by atoms with Crippen LogP contribution in [-0.2, 0) is 11.2 Å². The van der Waals surface area contributed by atoms with E-state index in [1.165, 1.54) is 0 Å². The summed E-state index contributed by atoms with van der Waals surface area (Å²) in [5.74, 6) is 0.0396. The first kappa shape index (κ1) is 14.1. The number of carbonyl (C=O) groups is 1. The first-order valence-electron chi connectivity index (χ1n) is 7.20. The Hall–Kier alpha value is -2.82. The zero-order valence-electron chi connectivity index (χ0n) is 12.2. The number of hydrogen-bond acceptors (Lipinski definition) is 3. The van der Waals surface area contributed by atoms with E-state index < -0.39 is 0 Å². The highest BCUT2D eigenvalue weighted by Crippen LogP contribution is 2.28. The number of fused-ring (bicyclic) bond motifs is 1. The van der Waals surface area contributed by atoms with Crippen molar-refractivity contribution in [2.75, 3.05) is 23.3 Å². The van der Waals surface area contributed by atoms with Gasteiger partial charge in [0.15, 0.2) is 0 Å². The number of nitrogens with one attached hydrogen (secondary N) is 2. The molecule has 0 aliphatic carbocycles. The lowest BCUT2D eigenvalue weighted by molar-refractivity contribution is -0.115. The van der Waals surface area contributed by atoms with Gasteiger partial charge in [0.25, 0.3) is 0 Å². The number of anilines is 2. The minimum absolute atomic E-state index is 0.0327. The van der Waals surface area contributed by atoms with E-state index in [2.05, 4.69) is 10.2 Å². The van der Waals surface area contributed by atoms with Crippen molar-refractivity contribution in [2.24, 2.45) is 5.73 Å². The second-order valence-corrected chi connectivity index (χ2v) is 5.34. The van der Waals surface area contributed by atoms with Crippen LogP contribution in [0.15, 0.2) is 48.5 Å². The summed E-state index contributed by atoms with van der Waals surface area (Å²) >= 11 is 0. The Morgan fingerprint density at radius 2 is 2.00 bits per heavy atom. The maximum absolute atomic E-state index is 12.1. The van der Waals surface area contributed by atoms with Gasteiger partial charge in [-0.2, -0.15) is 0 Å². The normalized spacial score (nSPS) is 12.8.